The molecule has 0 radical (unpaired) electrons. The Balaban J connectivity index is 1.97. The van der Waals surface area contributed by atoms with Crippen LogP contribution in [-0.4, -0.2) is 37.9 Å². The summed E-state index contributed by atoms with van der Waals surface area (Å²) in [6.07, 6.45) is 5.56. The molecule has 1 aromatic heterocycles. The van der Waals surface area contributed by atoms with E-state index < -0.39 is 8.32 Å². The third-order valence-corrected chi connectivity index (χ3v) is 10.1. The summed E-state index contributed by atoms with van der Waals surface area (Å²) in [7, 11) is -0.151. The van der Waals surface area contributed by atoms with E-state index in [1.165, 1.54) is 5.56 Å². The molecule has 2 rings (SSSR count). The van der Waals surface area contributed by atoms with E-state index in [9.17, 15) is 0 Å². The standard InChI is InChI=1S/C22H35N3O2Si/c1-22(2,3)28(5,6)27-16-15-19-17-23-24-21(19)20(25-26-4)14-10-13-18-11-8-7-9-12-18/h7-9,11-12,17H,10,13-16H2,1-6H3,(H,23,24)/b25-20+. The zero-order chi connectivity index (χ0) is 20.6. The fourth-order valence-corrected chi connectivity index (χ4v) is 3.86. The van der Waals surface area contributed by atoms with Gasteiger partial charge in [-0.2, -0.15) is 5.10 Å². The van der Waals surface area contributed by atoms with Crippen LogP contribution in [0.15, 0.2) is 41.7 Å². The Bertz CT molecular complexity index is 749. The lowest BCUT2D eigenvalue weighted by molar-refractivity contribution is 0.212. The first-order chi connectivity index (χ1) is 13.2. The minimum atomic E-state index is -1.74. The molecule has 0 aliphatic carbocycles. The van der Waals surface area contributed by atoms with Crippen molar-refractivity contribution in [1.29, 1.82) is 0 Å². The van der Waals surface area contributed by atoms with Crippen molar-refractivity contribution in [3.63, 3.8) is 0 Å². The predicted molar refractivity (Wildman–Crippen MR) is 118 cm³/mol. The quantitative estimate of drug-likeness (QED) is 0.332. The van der Waals surface area contributed by atoms with E-state index in [0.29, 0.717) is 6.61 Å². The number of rotatable bonds is 10. The van der Waals surface area contributed by atoms with Gasteiger partial charge in [-0.05, 0) is 49.4 Å². The number of nitrogens with zero attached hydrogens (tertiary/aromatic N) is 2. The summed E-state index contributed by atoms with van der Waals surface area (Å²) < 4.78 is 6.33. The largest absolute Gasteiger partial charge is 0.416 e. The number of aromatic amines is 1. The molecule has 0 bridgehead atoms. The van der Waals surface area contributed by atoms with Gasteiger partial charge in [0.15, 0.2) is 8.32 Å². The smallest absolute Gasteiger partial charge is 0.191 e. The maximum absolute atomic E-state index is 6.33. The summed E-state index contributed by atoms with van der Waals surface area (Å²) >= 11 is 0. The molecule has 0 aliphatic heterocycles. The molecule has 0 amide bonds. The van der Waals surface area contributed by atoms with Crippen molar-refractivity contribution < 1.29 is 9.26 Å². The molecule has 1 N–H and O–H groups in total. The molecule has 0 fully saturated rings. The van der Waals surface area contributed by atoms with Gasteiger partial charge in [0, 0.05) is 12.2 Å². The van der Waals surface area contributed by atoms with E-state index in [2.05, 4.69) is 73.5 Å². The number of oxime groups is 1. The predicted octanol–water partition coefficient (Wildman–Crippen LogP) is 5.35. The fourth-order valence-electron chi connectivity index (χ4n) is 2.81. The molecule has 5 nitrogen and oxygen atoms in total. The third-order valence-electron chi connectivity index (χ3n) is 5.57. The summed E-state index contributed by atoms with van der Waals surface area (Å²) in [4.78, 5) is 5.10. The Kier molecular flexibility index (Phi) is 8.01. The minimum absolute atomic E-state index is 0.215. The van der Waals surface area contributed by atoms with Crippen molar-refractivity contribution in [1.82, 2.24) is 10.2 Å². The number of hydrogen-bond donors (Lipinski definition) is 1. The van der Waals surface area contributed by atoms with Crippen LogP contribution in [0.4, 0.5) is 0 Å². The average molecular weight is 402 g/mol. The van der Waals surface area contributed by atoms with E-state index >= 15 is 0 Å². The first-order valence-corrected chi connectivity index (χ1v) is 13.0. The Morgan fingerprint density at radius 3 is 2.50 bits per heavy atom. The van der Waals surface area contributed by atoms with E-state index in [4.69, 9.17) is 9.26 Å². The number of nitrogens with one attached hydrogen (secondary N) is 1. The molecule has 0 spiro atoms. The second-order valence-corrected chi connectivity index (χ2v) is 13.5. The molecule has 0 saturated heterocycles. The van der Waals surface area contributed by atoms with Gasteiger partial charge in [0.2, 0.25) is 0 Å². The molecular weight excluding hydrogens is 366 g/mol. The summed E-state index contributed by atoms with van der Waals surface area (Å²) in [5.41, 5.74) is 4.35. The van der Waals surface area contributed by atoms with Gasteiger partial charge in [0.05, 0.1) is 11.9 Å². The lowest BCUT2D eigenvalue weighted by Gasteiger charge is -2.36. The number of hydrogen-bond acceptors (Lipinski definition) is 4. The first-order valence-electron chi connectivity index (χ1n) is 10.0. The van der Waals surface area contributed by atoms with Crippen LogP contribution in [-0.2, 0) is 22.1 Å². The zero-order valence-corrected chi connectivity index (χ0v) is 19.2. The van der Waals surface area contributed by atoms with E-state index in [0.717, 1.165) is 42.7 Å². The lowest BCUT2D eigenvalue weighted by atomic mass is 10.0. The van der Waals surface area contributed by atoms with Crippen LogP contribution in [0.25, 0.3) is 0 Å². The minimum Gasteiger partial charge on any atom is -0.416 e. The average Bonchev–Trinajstić information content (AvgIpc) is 3.09. The van der Waals surface area contributed by atoms with E-state index in [1.54, 1.807) is 7.11 Å². The van der Waals surface area contributed by atoms with Crippen LogP contribution in [0.2, 0.25) is 18.1 Å². The normalized spacial score (nSPS) is 13.0. The highest BCUT2D eigenvalue weighted by Crippen LogP contribution is 2.36. The molecular formula is C22H35N3O2Si. The summed E-state index contributed by atoms with van der Waals surface area (Å²) in [6, 6.07) is 10.5. The topological polar surface area (TPSA) is 59.5 Å². The van der Waals surface area contributed by atoms with Gasteiger partial charge in [-0.1, -0.05) is 56.3 Å². The molecule has 154 valence electrons. The van der Waals surface area contributed by atoms with Gasteiger partial charge in [0.25, 0.3) is 0 Å². The van der Waals surface area contributed by atoms with Gasteiger partial charge in [-0.15, -0.1) is 0 Å². The van der Waals surface area contributed by atoms with Crippen molar-refractivity contribution in [2.24, 2.45) is 5.16 Å². The number of aryl methyl sites for hydroxylation is 1. The SMILES string of the molecule is CO/N=C(\CCCc1ccccc1)c1[nH]ncc1CCO[Si](C)(C)C(C)(C)C. The number of benzene rings is 1. The molecule has 0 atom stereocenters. The van der Waals surface area contributed by atoms with Crippen molar-refractivity contribution in [2.45, 2.75) is 64.6 Å². The molecule has 0 unspecified atom stereocenters. The van der Waals surface area contributed by atoms with Crippen LogP contribution in [0.5, 0.6) is 0 Å². The molecule has 1 aromatic carbocycles. The van der Waals surface area contributed by atoms with Crippen molar-refractivity contribution in [3.05, 3.63) is 53.3 Å². The van der Waals surface area contributed by atoms with Crippen LogP contribution in [0.1, 0.15) is 50.4 Å². The fraction of sp³-hybridized carbons (Fsp3) is 0.545. The van der Waals surface area contributed by atoms with Gasteiger partial charge >= 0.3 is 0 Å². The summed E-state index contributed by atoms with van der Waals surface area (Å²) in [6.45, 7) is 12.1. The highest BCUT2D eigenvalue weighted by molar-refractivity contribution is 6.74. The third kappa shape index (κ3) is 6.31. The Labute approximate surface area is 170 Å². The summed E-state index contributed by atoms with van der Waals surface area (Å²) in [5, 5.41) is 11.8. The van der Waals surface area contributed by atoms with Crippen LogP contribution >= 0.6 is 0 Å². The maximum atomic E-state index is 6.33. The Hall–Kier alpha value is -1.92. The Morgan fingerprint density at radius 1 is 1.14 bits per heavy atom. The molecule has 0 saturated carbocycles. The van der Waals surface area contributed by atoms with Crippen molar-refractivity contribution in [2.75, 3.05) is 13.7 Å². The molecule has 28 heavy (non-hydrogen) atoms. The van der Waals surface area contributed by atoms with E-state index in [1.807, 2.05) is 12.3 Å². The highest BCUT2D eigenvalue weighted by Gasteiger charge is 2.36. The van der Waals surface area contributed by atoms with Crippen LogP contribution in [0.3, 0.4) is 0 Å². The maximum Gasteiger partial charge on any atom is 0.191 e. The molecule has 0 aliphatic rings. The zero-order valence-electron chi connectivity index (χ0n) is 18.2. The van der Waals surface area contributed by atoms with Crippen LogP contribution < -0.4 is 0 Å². The highest BCUT2D eigenvalue weighted by atomic mass is 28.4. The molecule has 6 heteroatoms. The van der Waals surface area contributed by atoms with Crippen molar-refractivity contribution >= 4 is 14.0 Å². The van der Waals surface area contributed by atoms with Gasteiger partial charge in [-0.25, -0.2) is 0 Å². The second kappa shape index (κ2) is 10.0. The molecule has 1 heterocycles. The van der Waals surface area contributed by atoms with E-state index in [-0.39, 0.29) is 5.04 Å². The summed E-state index contributed by atoms with van der Waals surface area (Å²) in [5.74, 6) is 0. The monoisotopic (exact) mass is 401 g/mol. The van der Waals surface area contributed by atoms with Crippen molar-refractivity contribution in [3.8, 4) is 0 Å². The lowest BCUT2D eigenvalue weighted by Crippen LogP contribution is -2.41. The Morgan fingerprint density at radius 2 is 1.86 bits per heavy atom. The van der Waals surface area contributed by atoms with Gasteiger partial charge < -0.3 is 9.26 Å². The first kappa shape index (κ1) is 22.4. The second-order valence-electron chi connectivity index (χ2n) is 8.69. The number of aromatic nitrogens is 2. The molecule has 2 aromatic rings. The van der Waals surface area contributed by atoms with Crippen LogP contribution in [0, 0.1) is 0 Å². The van der Waals surface area contributed by atoms with Gasteiger partial charge in [0.1, 0.15) is 12.8 Å². The van der Waals surface area contributed by atoms with Gasteiger partial charge in [-0.3, -0.25) is 5.10 Å². The number of H-pyrrole nitrogens is 1.